The highest BCUT2D eigenvalue weighted by Crippen LogP contribution is 2.01. The second-order valence-electron chi connectivity index (χ2n) is 3.27. The molecule has 1 aromatic rings. The fourth-order valence-corrected chi connectivity index (χ4v) is 1.22. The minimum atomic E-state index is 0.924. The molecule has 0 atom stereocenters. The number of nitrogens with zero attached hydrogens (tertiary/aromatic N) is 3. The molecule has 0 aliphatic carbocycles. The van der Waals surface area contributed by atoms with Crippen molar-refractivity contribution in [2.75, 3.05) is 14.1 Å². The van der Waals surface area contributed by atoms with E-state index >= 15 is 0 Å². The molecule has 110 valence electrons. The molecule has 18 heavy (non-hydrogen) atoms. The van der Waals surface area contributed by atoms with Crippen molar-refractivity contribution in [2.45, 2.75) is 68.0 Å². The summed E-state index contributed by atoms with van der Waals surface area (Å²) in [5.74, 6) is 1.15. The monoisotopic (exact) mass is 257 g/mol. The lowest BCUT2D eigenvalue weighted by molar-refractivity contribution is 0.380. The van der Waals surface area contributed by atoms with Gasteiger partial charge in [0.1, 0.15) is 5.82 Å². The molecule has 0 aliphatic rings. The lowest BCUT2D eigenvalue weighted by atomic mass is 10.4. The molecule has 3 heteroatoms. The second kappa shape index (κ2) is 18.5. The average Bonchev–Trinajstić information content (AvgIpc) is 2.84. The number of imidazole rings is 1. The largest absolute Gasteiger partial charge is 0.334 e. The van der Waals surface area contributed by atoms with Crippen LogP contribution in [0.4, 0.5) is 0 Å². The lowest BCUT2D eigenvalue weighted by Crippen LogP contribution is -2.15. The minimum absolute atomic E-state index is 0.924. The van der Waals surface area contributed by atoms with E-state index in [-0.39, 0.29) is 0 Å². The lowest BCUT2D eigenvalue weighted by Gasteiger charge is -2.10. The van der Waals surface area contributed by atoms with Gasteiger partial charge in [0.15, 0.2) is 0 Å². The van der Waals surface area contributed by atoms with Crippen LogP contribution in [-0.2, 0) is 13.1 Å². The van der Waals surface area contributed by atoms with Gasteiger partial charge in [-0.2, -0.15) is 0 Å². The smallest absolute Gasteiger partial charge is 0.122 e. The first kappa shape index (κ1) is 22.4. The molecule has 0 unspecified atom stereocenters. The molecule has 1 heterocycles. The van der Waals surface area contributed by atoms with Crippen LogP contribution in [0.3, 0.4) is 0 Å². The first-order valence-corrected chi connectivity index (χ1v) is 7.38. The van der Waals surface area contributed by atoms with Crippen LogP contribution in [0.2, 0.25) is 0 Å². The zero-order valence-corrected chi connectivity index (χ0v) is 14.1. The zero-order chi connectivity index (χ0) is 15.0. The van der Waals surface area contributed by atoms with Crippen molar-refractivity contribution in [3.63, 3.8) is 0 Å². The fourth-order valence-electron chi connectivity index (χ4n) is 1.22. The topological polar surface area (TPSA) is 21.1 Å². The summed E-state index contributed by atoms with van der Waals surface area (Å²) in [5.41, 5.74) is 0. The van der Waals surface area contributed by atoms with E-state index in [0.717, 1.165) is 25.3 Å². The van der Waals surface area contributed by atoms with Crippen molar-refractivity contribution in [3.05, 3.63) is 18.2 Å². The highest BCUT2D eigenvalue weighted by atomic mass is 15.1. The van der Waals surface area contributed by atoms with Crippen molar-refractivity contribution in [3.8, 4) is 0 Å². The van der Waals surface area contributed by atoms with Crippen LogP contribution >= 0.6 is 0 Å². The van der Waals surface area contributed by atoms with E-state index in [0.29, 0.717) is 0 Å². The molecule has 0 spiro atoms. The van der Waals surface area contributed by atoms with Gasteiger partial charge < -0.3 is 9.47 Å². The minimum Gasteiger partial charge on any atom is -0.334 e. The number of hydrogen-bond acceptors (Lipinski definition) is 2. The van der Waals surface area contributed by atoms with Gasteiger partial charge in [-0.05, 0) is 20.5 Å². The van der Waals surface area contributed by atoms with Crippen LogP contribution < -0.4 is 0 Å². The first-order chi connectivity index (χ1) is 8.74. The Kier molecular flexibility index (Phi) is 23.0. The standard InChI is InChI=1S/C9H17N3.3C2H6/c1-4-6-12-7-5-10-9(12)8-11(2)3;3*1-2/h5,7H,4,6,8H2,1-3H3;3*1-2H3. The maximum atomic E-state index is 4.30. The quantitative estimate of drug-likeness (QED) is 0.795. The summed E-state index contributed by atoms with van der Waals surface area (Å²) in [6.07, 6.45) is 5.08. The maximum Gasteiger partial charge on any atom is 0.122 e. The van der Waals surface area contributed by atoms with Gasteiger partial charge in [0, 0.05) is 18.9 Å². The Morgan fingerprint density at radius 3 is 1.94 bits per heavy atom. The second-order valence-corrected chi connectivity index (χ2v) is 3.27. The molecule has 0 saturated heterocycles. The van der Waals surface area contributed by atoms with Gasteiger partial charge in [-0.15, -0.1) is 0 Å². The third-order valence-electron chi connectivity index (χ3n) is 1.72. The van der Waals surface area contributed by atoms with Gasteiger partial charge in [-0.3, -0.25) is 0 Å². The van der Waals surface area contributed by atoms with Gasteiger partial charge in [0.05, 0.1) is 6.54 Å². The fraction of sp³-hybridized carbons (Fsp3) is 0.800. The van der Waals surface area contributed by atoms with Gasteiger partial charge >= 0.3 is 0 Å². The summed E-state index contributed by atoms with van der Waals surface area (Å²) in [7, 11) is 4.12. The predicted octanol–water partition coefficient (Wildman–Crippen LogP) is 4.43. The third kappa shape index (κ3) is 11.6. The van der Waals surface area contributed by atoms with Crippen LogP contribution in [0.15, 0.2) is 12.4 Å². The molecule has 0 radical (unpaired) electrons. The Bertz CT molecular complexity index is 229. The van der Waals surface area contributed by atoms with Crippen molar-refractivity contribution in [2.24, 2.45) is 0 Å². The molecule has 1 aromatic heterocycles. The molecule has 0 bridgehead atoms. The summed E-state index contributed by atoms with van der Waals surface area (Å²) in [6, 6.07) is 0. The summed E-state index contributed by atoms with van der Waals surface area (Å²) < 4.78 is 2.21. The van der Waals surface area contributed by atoms with Gasteiger partial charge in [0.25, 0.3) is 0 Å². The van der Waals surface area contributed by atoms with E-state index in [1.807, 2.05) is 53.9 Å². The van der Waals surface area contributed by atoms with E-state index in [1.54, 1.807) is 0 Å². The number of aromatic nitrogens is 2. The molecule has 0 N–H and O–H groups in total. The van der Waals surface area contributed by atoms with Crippen molar-refractivity contribution in [1.82, 2.24) is 14.5 Å². The summed E-state index contributed by atoms with van der Waals surface area (Å²) >= 11 is 0. The Balaban J connectivity index is -0.000000328. The van der Waals surface area contributed by atoms with Crippen LogP contribution in [0, 0.1) is 0 Å². The maximum absolute atomic E-state index is 4.30. The van der Waals surface area contributed by atoms with Crippen LogP contribution in [-0.4, -0.2) is 28.5 Å². The highest BCUT2D eigenvalue weighted by Gasteiger charge is 2.01. The zero-order valence-electron chi connectivity index (χ0n) is 14.1. The molecule has 0 aromatic carbocycles. The van der Waals surface area contributed by atoms with Gasteiger partial charge in [0.2, 0.25) is 0 Å². The van der Waals surface area contributed by atoms with Crippen LogP contribution in [0.1, 0.15) is 60.7 Å². The van der Waals surface area contributed by atoms with E-state index in [2.05, 4.69) is 35.5 Å². The van der Waals surface area contributed by atoms with Crippen molar-refractivity contribution >= 4 is 0 Å². The van der Waals surface area contributed by atoms with Crippen LogP contribution in [0.25, 0.3) is 0 Å². The third-order valence-corrected chi connectivity index (χ3v) is 1.72. The molecular formula is C15H35N3. The van der Waals surface area contributed by atoms with Crippen molar-refractivity contribution < 1.29 is 0 Å². The normalized spacial score (nSPS) is 8.33. The van der Waals surface area contributed by atoms with E-state index in [4.69, 9.17) is 0 Å². The Morgan fingerprint density at radius 2 is 1.56 bits per heavy atom. The molecular weight excluding hydrogens is 222 g/mol. The molecule has 3 nitrogen and oxygen atoms in total. The predicted molar refractivity (Wildman–Crippen MR) is 84.0 cm³/mol. The number of hydrogen-bond donors (Lipinski definition) is 0. The van der Waals surface area contributed by atoms with Gasteiger partial charge in [-0.25, -0.2) is 4.98 Å². The summed E-state index contributed by atoms with van der Waals surface area (Å²) in [4.78, 5) is 6.43. The molecule has 0 saturated carbocycles. The average molecular weight is 257 g/mol. The molecule has 1 rings (SSSR count). The Labute approximate surface area is 115 Å². The summed E-state index contributed by atoms with van der Waals surface area (Å²) in [5, 5.41) is 0. The number of rotatable bonds is 4. The van der Waals surface area contributed by atoms with Crippen molar-refractivity contribution in [1.29, 1.82) is 0 Å². The number of aryl methyl sites for hydroxylation is 1. The molecule has 0 amide bonds. The first-order valence-electron chi connectivity index (χ1n) is 7.38. The van der Waals surface area contributed by atoms with Gasteiger partial charge in [-0.1, -0.05) is 48.5 Å². The summed E-state index contributed by atoms with van der Waals surface area (Å²) in [6.45, 7) is 16.2. The Hall–Kier alpha value is -0.830. The van der Waals surface area contributed by atoms with E-state index < -0.39 is 0 Å². The van der Waals surface area contributed by atoms with Crippen LogP contribution in [0.5, 0.6) is 0 Å². The Morgan fingerprint density at radius 1 is 1.06 bits per heavy atom. The van der Waals surface area contributed by atoms with E-state index in [9.17, 15) is 0 Å². The molecule has 0 fully saturated rings. The highest BCUT2D eigenvalue weighted by molar-refractivity contribution is 4.91. The molecule has 0 aliphatic heterocycles. The van der Waals surface area contributed by atoms with E-state index in [1.165, 1.54) is 0 Å². The SMILES string of the molecule is CC.CC.CC.CCCn1ccnc1CN(C)C.